The SMILES string of the molecule is COC1C=CC=CC1(OC)C(c1ccccc1)(c1ccccc1)C(O)CCCCCN. The molecule has 4 heteroatoms. The molecule has 3 atom stereocenters. The van der Waals surface area contributed by atoms with Crippen molar-refractivity contribution in [3.63, 3.8) is 0 Å². The Bertz CT molecular complexity index is 810. The van der Waals surface area contributed by atoms with E-state index in [9.17, 15) is 5.11 Å². The predicted octanol–water partition coefficient (Wildman–Crippen LogP) is 4.38. The van der Waals surface area contributed by atoms with Crippen LogP contribution in [0.4, 0.5) is 0 Å². The second-order valence-electron chi connectivity index (χ2n) is 8.09. The minimum atomic E-state index is -0.938. The minimum absolute atomic E-state index is 0.374. The minimum Gasteiger partial charge on any atom is -0.392 e. The van der Waals surface area contributed by atoms with Crippen LogP contribution in [0.2, 0.25) is 0 Å². The molecule has 0 aromatic heterocycles. The van der Waals surface area contributed by atoms with Crippen LogP contribution in [0, 0.1) is 0 Å². The number of benzene rings is 2. The van der Waals surface area contributed by atoms with Gasteiger partial charge in [0.25, 0.3) is 0 Å². The van der Waals surface area contributed by atoms with Crippen molar-refractivity contribution in [2.45, 2.75) is 48.9 Å². The number of methoxy groups -OCH3 is 2. The fourth-order valence-corrected chi connectivity index (χ4v) is 5.10. The number of allylic oxidation sites excluding steroid dienone is 2. The van der Waals surface area contributed by atoms with Crippen molar-refractivity contribution in [1.29, 1.82) is 0 Å². The van der Waals surface area contributed by atoms with Gasteiger partial charge in [0.1, 0.15) is 11.7 Å². The zero-order chi connectivity index (χ0) is 22.2. The predicted molar refractivity (Wildman–Crippen MR) is 126 cm³/mol. The van der Waals surface area contributed by atoms with E-state index in [4.69, 9.17) is 15.2 Å². The van der Waals surface area contributed by atoms with Gasteiger partial charge in [0.05, 0.1) is 11.5 Å². The highest BCUT2D eigenvalue weighted by Crippen LogP contribution is 2.51. The van der Waals surface area contributed by atoms with Crippen molar-refractivity contribution in [1.82, 2.24) is 0 Å². The monoisotopic (exact) mass is 421 g/mol. The topological polar surface area (TPSA) is 64.7 Å². The maximum atomic E-state index is 12.0. The van der Waals surface area contributed by atoms with Gasteiger partial charge in [-0.2, -0.15) is 0 Å². The molecule has 166 valence electrons. The van der Waals surface area contributed by atoms with E-state index in [0.717, 1.165) is 30.4 Å². The molecule has 31 heavy (non-hydrogen) atoms. The first-order valence-electron chi connectivity index (χ1n) is 11.1. The van der Waals surface area contributed by atoms with Gasteiger partial charge in [-0.25, -0.2) is 0 Å². The number of nitrogens with two attached hydrogens (primary N) is 1. The number of unbranched alkanes of at least 4 members (excludes halogenated alkanes) is 2. The Morgan fingerprint density at radius 2 is 1.55 bits per heavy atom. The number of hydrogen-bond acceptors (Lipinski definition) is 4. The van der Waals surface area contributed by atoms with Gasteiger partial charge in [-0.05, 0) is 36.6 Å². The van der Waals surface area contributed by atoms with Gasteiger partial charge < -0.3 is 20.3 Å². The molecule has 0 saturated carbocycles. The molecule has 0 bridgehead atoms. The Kier molecular flexibility index (Phi) is 8.22. The molecular weight excluding hydrogens is 386 g/mol. The lowest BCUT2D eigenvalue weighted by molar-refractivity contribution is -0.134. The van der Waals surface area contributed by atoms with Crippen molar-refractivity contribution >= 4 is 0 Å². The number of ether oxygens (including phenoxy) is 2. The largest absolute Gasteiger partial charge is 0.392 e. The van der Waals surface area contributed by atoms with Gasteiger partial charge in [0.15, 0.2) is 0 Å². The molecule has 0 heterocycles. The summed E-state index contributed by atoms with van der Waals surface area (Å²) in [6.07, 6.45) is 10.4. The molecule has 0 radical (unpaired) electrons. The smallest absolute Gasteiger partial charge is 0.132 e. The third-order valence-electron chi connectivity index (χ3n) is 6.51. The van der Waals surface area contributed by atoms with E-state index in [1.165, 1.54) is 0 Å². The van der Waals surface area contributed by atoms with E-state index in [-0.39, 0.29) is 6.10 Å². The van der Waals surface area contributed by atoms with Crippen LogP contribution < -0.4 is 5.73 Å². The Labute approximate surface area is 186 Å². The lowest BCUT2D eigenvalue weighted by Gasteiger charge is -2.54. The number of hydrogen-bond donors (Lipinski definition) is 2. The van der Waals surface area contributed by atoms with E-state index in [1.807, 2.05) is 60.7 Å². The molecule has 1 aliphatic rings. The zero-order valence-corrected chi connectivity index (χ0v) is 18.6. The van der Waals surface area contributed by atoms with Gasteiger partial charge in [0, 0.05) is 14.2 Å². The van der Waals surface area contributed by atoms with E-state index in [0.29, 0.717) is 13.0 Å². The Hall–Kier alpha value is -2.24. The molecule has 0 spiro atoms. The Morgan fingerprint density at radius 1 is 0.935 bits per heavy atom. The summed E-state index contributed by atoms with van der Waals surface area (Å²) in [5.74, 6) is 0. The van der Waals surface area contributed by atoms with Crippen molar-refractivity contribution < 1.29 is 14.6 Å². The van der Waals surface area contributed by atoms with E-state index < -0.39 is 17.1 Å². The second kappa shape index (κ2) is 10.9. The lowest BCUT2D eigenvalue weighted by Crippen LogP contribution is -2.65. The van der Waals surface area contributed by atoms with E-state index in [1.54, 1.807) is 14.2 Å². The van der Waals surface area contributed by atoms with Crippen LogP contribution in [0.1, 0.15) is 36.8 Å². The Balaban J connectivity index is 2.27. The van der Waals surface area contributed by atoms with E-state index >= 15 is 0 Å². The van der Waals surface area contributed by atoms with Crippen molar-refractivity contribution in [3.8, 4) is 0 Å². The van der Waals surface area contributed by atoms with Gasteiger partial charge in [-0.3, -0.25) is 0 Å². The molecule has 0 saturated heterocycles. The zero-order valence-electron chi connectivity index (χ0n) is 18.6. The van der Waals surface area contributed by atoms with Crippen LogP contribution in [0.25, 0.3) is 0 Å². The molecule has 3 unspecified atom stereocenters. The summed E-state index contributed by atoms with van der Waals surface area (Å²) in [4.78, 5) is 0. The van der Waals surface area contributed by atoms with Crippen LogP contribution in [0.5, 0.6) is 0 Å². The molecule has 3 N–H and O–H groups in total. The molecule has 2 aromatic carbocycles. The summed E-state index contributed by atoms with van der Waals surface area (Å²) in [7, 11) is 3.40. The molecule has 0 fully saturated rings. The molecule has 4 nitrogen and oxygen atoms in total. The molecular formula is C27H35NO3. The summed E-state index contributed by atoms with van der Waals surface area (Å²) in [6, 6.07) is 20.4. The number of aliphatic hydroxyl groups is 1. The highest BCUT2D eigenvalue weighted by atomic mass is 16.5. The van der Waals surface area contributed by atoms with Gasteiger partial charge >= 0.3 is 0 Å². The maximum Gasteiger partial charge on any atom is 0.132 e. The van der Waals surface area contributed by atoms with Gasteiger partial charge in [-0.1, -0.05) is 91.7 Å². The fraction of sp³-hybridized carbons (Fsp3) is 0.407. The molecule has 2 aromatic rings. The standard InChI is InChI=1S/C27H35NO3/c1-30-25-19-11-12-20-26(25,31-2)27(22-14-6-3-7-15-22,23-16-8-4-9-17-23)24(29)18-10-5-13-21-28/h3-4,6-9,11-12,14-17,19-20,24-25,29H,5,10,13,18,21,28H2,1-2H3. The lowest BCUT2D eigenvalue weighted by atomic mass is 9.56. The molecule has 0 amide bonds. The maximum absolute atomic E-state index is 12.0. The summed E-state index contributed by atoms with van der Waals surface area (Å²) in [6.45, 7) is 0.667. The fourth-order valence-electron chi connectivity index (χ4n) is 5.10. The normalized spacial score (nSPS) is 21.9. The summed E-state index contributed by atoms with van der Waals surface area (Å²) in [5, 5.41) is 12.0. The molecule has 1 aliphatic carbocycles. The highest BCUT2D eigenvalue weighted by Gasteiger charge is 2.60. The molecule has 0 aliphatic heterocycles. The van der Waals surface area contributed by atoms with Crippen molar-refractivity contribution in [2.75, 3.05) is 20.8 Å². The van der Waals surface area contributed by atoms with Crippen molar-refractivity contribution in [3.05, 3.63) is 96.1 Å². The summed E-state index contributed by atoms with van der Waals surface area (Å²) in [5.41, 5.74) is 5.87. The number of aliphatic hydroxyl groups excluding tert-OH is 1. The van der Waals surface area contributed by atoms with Crippen LogP contribution in [-0.2, 0) is 14.9 Å². The molecule has 3 rings (SSSR count). The van der Waals surface area contributed by atoms with Crippen molar-refractivity contribution in [2.24, 2.45) is 5.73 Å². The second-order valence-corrected chi connectivity index (χ2v) is 8.09. The van der Waals surface area contributed by atoms with Crippen LogP contribution in [0.15, 0.2) is 85.0 Å². The van der Waals surface area contributed by atoms with Crippen LogP contribution in [-0.4, -0.2) is 43.7 Å². The first kappa shape index (κ1) is 23.4. The highest BCUT2D eigenvalue weighted by molar-refractivity contribution is 5.50. The van der Waals surface area contributed by atoms with E-state index in [2.05, 4.69) is 24.3 Å². The van der Waals surface area contributed by atoms with Gasteiger partial charge in [0.2, 0.25) is 0 Å². The van der Waals surface area contributed by atoms with Gasteiger partial charge in [-0.15, -0.1) is 0 Å². The van der Waals surface area contributed by atoms with Crippen LogP contribution >= 0.6 is 0 Å². The first-order chi connectivity index (χ1) is 15.2. The average Bonchev–Trinajstić information content (AvgIpc) is 2.84. The quantitative estimate of drug-likeness (QED) is 0.529. The summed E-state index contributed by atoms with van der Waals surface area (Å²) < 4.78 is 12.3. The number of rotatable bonds is 11. The summed E-state index contributed by atoms with van der Waals surface area (Å²) >= 11 is 0. The average molecular weight is 422 g/mol. The third kappa shape index (κ3) is 4.26. The third-order valence-corrected chi connectivity index (χ3v) is 6.51. The van der Waals surface area contributed by atoms with Crippen LogP contribution in [0.3, 0.4) is 0 Å². The first-order valence-corrected chi connectivity index (χ1v) is 11.1. The Morgan fingerprint density at radius 3 is 2.06 bits per heavy atom.